The van der Waals surface area contributed by atoms with Crippen LogP contribution in [0.4, 0.5) is 0 Å². The van der Waals surface area contributed by atoms with Crippen molar-refractivity contribution >= 4 is 11.9 Å². The Morgan fingerprint density at radius 2 is 2.18 bits per heavy atom. The molecule has 1 N–H and O–H groups in total. The summed E-state index contributed by atoms with van der Waals surface area (Å²) < 4.78 is 1.96. The first kappa shape index (κ1) is 14.3. The zero-order valence-electron chi connectivity index (χ0n) is 12.3. The van der Waals surface area contributed by atoms with Crippen molar-refractivity contribution in [3.05, 3.63) is 48.0 Å². The van der Waals surface area contributed by atoms with E-state index in [9.17, 15) is 9.59 Å². The quantitative estimate of drug-likeness (QED) is 0.930. The highest BCUT2D eigenvalue weighted by atomic mass is 16.4. The highest BCUT2D eigenvalue weighted by Gasteiger charge is 2.34. The molecule has 1 saturated heterocycles. The smallest absolute Gasteiger partial charge is 0.308 e. The molecule has 114 valence electrons. The van der Waals surface area contributed by atoms with Gasteiger partial charge in [-0.2, -0.15) is 0 Å². The van der Waals surface area contributed by atoms with E-state index in [-0.39, 0.29) is 18.9 Å². The molecule has 1 atom stereocenters. The standard InChI is InChI=1S/C16H17N3O3/c1-11-17-6-7-19(11)14-5-3-2-4-12(14)9-18-10-13(16(21)22)8-15(18)20/h2-7,13H,8-10H2,1H3,(H,21,22). The number of aliphatic carboxylic acids is 1. The Hall–Kier alpha value is -2.63. The van der Waals surface area contributed by atoms with Crippen LogP contribution in [-0.2, 0) is 16.1 Å². The van der Waals surface area contributed by atoms with E-state index in [2.05, 4.69) is 4.98 Å². The zero-order chi connectivity index (χ0) is 15.7. The van der Waals surface area contributed by atoms with Gasteiger partial charge in [0.25, 0.3) is 0 Å². The Morgan fingerprint density at radius 1 is 1.41 bits per heavy atom. The molecular weight excluding hydrogens is 282 g/mol. The molecule has 2 aromatic rings. The summed E-state index contributed by atoms with van der Waals surface area (Å²) in [6.45, 7) is 2.60. The molecule has 6 nitrogen and oxygen atoms in total. The van der Waals surface area contributed by atoms with Crippen LogP contribution >= 0.6 is 0 Å². The normalized spacial score (nSPS) is 18.0. The third kappa shape index (κ3) is 2.59. The van der Waals surface area contributed by atoms with Crippen molar-refractivity contribution in [3.8, 4) is 5.69 Å². The molecule has 1 amide bonds. The number of para-hydroxylation sites is 1. The molecule has 3 rings (SSSR count). The van der Waals surface area contributed by atoms with Gasteiger partial charge in [-0.15, -0.1) is 0 Å². The number of hydrogen-bond donors (Lipinski definition) is 1. The number of carboxylic acid groups (broad SMARTS) is 1. The Balaban J connectivity index is 1.86. The first-order valence-corrected chi connectivity index (χ1v) is 7.15. The maximum absolute atomic E-state index is 12.0. The fourth-order valence-corrected chi connectivity index (χ4v) is 2.81. The van der Waals surface area contributed by atoms with Crippen molar-refractivity contribution in [2.24, 2.45) is 5.92 Å². The molecule has 0 radical (unpaired) electrons. The van der Waals surface area contributed by atoms with Gasteiger partial charge in [-0.25, -0.2) is 4.98 Å². The molecule has 1 aliphatic rings. The average molecular weight is 299 g/mol. The lowest BCUT2D eigenvalue weighted by Gasteiger charge is -2.19. The molecule has 1 fully saturated rings. The molecule has 1 unspecified atom stereocenters. The minimum Gasteiger partial charge on any atom is -0.481 e. The molecule has 0 spiro atoms. The van der Waals surface area contributed by atoms with Crippen LogP contribution in [-0.4, -0.2) is 38.0 Å². The minimum atomic E-state index is -0.908. The third-order valence-corrected chi connectivity index (χ3v) is 4.00. The lowest BCUT2D eigenvalue weighted by atomic mass is 10.1. The lowest BCUT2D eigenvalue weighted by Crippen LogP contribution is -2.26. The van der Waals surface area contributed by atoms with E-state index in [0.29, 0.717) is 6.54 Å². The van der Waals surface area contributed by atoms with Crippen molar-refractivity contribution in [2.75, 3.05) is 6.54 Å². The molecule has 2 heterocycles. The summed E-state index contributed by atoms with van der Waals surface area (Å²) >= 11 is 0. The number of carbonyl (C=O) groups is 2. The van der Waals surface area contributed by atoms with Crippen molar-refractivity contribution in [1.29, 1.82) is 0 Å². The van der Waals surface area contributed by atoms with Crippen molar-refractivity contribution < 1.29 is 14.7 Å². The number of amides is 1. The van der Waals surface area contributed by atoms with Gasteiger partial charge < -0.3 is 14.6 Å². The van der Waals surface area contributed by atoms with Crippen LogP contribution in [0, 0.1) is 12.8 Å². The van der Waals surface area contributed by atoms with Gasteiger partial charge in [0, 0.05) is 31.9 Å². The number of nitrogens with zero attached hydrogens (tertiary/aromatic N) is 3. The Labute approximate surface area is 128 Å². The summed E-state index contributed by atoms with van der Waals surface area (Å²) in [5.74, 6) is -0.752. The molecule has 0 bridgehead atoms. The van der Waals surface area contributed by atoms with Gasteiger partial charge in [0.1, 0.15) is 5.82 Å². The summed E-state index contributed by atoms with van der Waals surface area (Å²) in [4.78, 5) is 28.9. The zero-order valence-corrected chi connectivity index (χ0v) is 12.3. The van der Waals surface area contributed by atoms with Gasteiger partial charge in [-0.05, 0) is 18.6 Å². The van der Waals surface area contributed by atoms with E-state index in [1.807, 2.05) is 42.0 Å². The second-order valence-corrected chi connectivity index (χ2v) is 5.49. The Kier molecular flexibility index (Phi) is 3.66. The number of imidazole rings is 1. The van der Waals surface area contributed by atoms with Crippen LogP contribution in [0.15, 0.2) is 36.7 Å². The molecular formula is C16H17N3O3. The maximum atomic E-state index is 12.0. The highest BCUT2D eigenvalue weighted by molar-refractivity contribution is 5.86. The molecule has 1 aromatic heterocycles. The van der Waals surface area contributed by atoms with Crippen molar-refractivity contribution in [3.63, 3.8) is 0 Å². The highest BCUT2D eigenvalue weighted by Crippen LogP contribution is 2.23. The SMILES string of the molecule is Cc1nccn1-c1ccccc1CN1CC(C(=O)O)CC1=O. The number of hydrogen-bond acceptors (Lipinski definition) is 3. The summed E-state index contributed by atoms with van der Waals surface area (Å²) in [6, 6.07) is 7.78. The fourth-order valence-electron chi connectivity index (χ4n) is 2.81. The number of carbonyl (C=O) groups excluding carboxylic acids is 1. The maximum Gasteiger partial charge on any atom is 0.308 e. The van der Waals surface area contributed by atoms with Crippen LogP contribution < -0.4 is 0 Å². The summed E-state index contributed by atoms with van der Waals surface area (Å²) in [5, 5.41) is 9.06. The first-order chi connectivity index (χ1) is 10.6. The molecule has 0 aliphatic carbocycles. The van der Waals surface area contributed by atoms with E-state index >= 15 is 0 Å². The van der Waals surface area contributed by atoms with Crippen molar-refractivity contribution in [1.82, 2.24) is 14.5 Å². The minimum absolute atomic E-state index is 0.0849. The third-order valence-electron chi connectivity index (χ3n) is 4.00. The predicted molar refractivity (Wildman–Crippen MR) is 79.5 cm³/mol. The lowest BCUT2D eigenvalue weighted by molar-refractivity contribution is -0.141. The molecule has 1 aliphatic heterocycles. The number of likely N-dealkylation sites (tertiary alicyclic amines) is 1. The van der Waals surface area contributed by atoms with E-state index in [0.717, 1.165) is 17.1 Å². The molecule has 22 heavy (non-hydrogen) atoms. The van der Waals surface area contributed by atoms with Gasteiger partial charge >= 0.3 is 5.97 Å². The Bertz CT molecular complexity index is 723. The van der Waals surface area contributed by atoms with Crippen LogP contribution in [0.3, 0.4) is 0 Å². The van der Waals surface area contributed by atoms with E-state index in [1.165, 1.54) is 0 Å². The summed E-state index contributed by atoms with van der Waals surface area (Å²) in [5.41, 5.74) is 1.94. The van der Waals surface area contributed by atoms with Gasteiger partial charge in [0.05, 0.1) is 11.6 Å². The average Bonchev–Trinajstić information content (AvgIpc) is 3.07. The van der Waals surface area contributed by atoms with E-state index in [1.54, 1.807) is 11.1 Å². The second-order valence-electron chi connectivity index (χ2n) is 5.49. The topological polar surface area (TPSA) is 75.4 Å². The van der Waals surface area contributed by atoms with Gasteiger partial charge in [0.2, 0.25) is 5.91 Å². The van der Waals surface area contributed by atoms with Gasteiger partial charge in [-0.3, -0.25) is 9.59 Å². The monoisotopic (exact) mass is 299 g/mol. The fraction of sp³-hybridized carbons (Fsp3) is 0.312. The number of carboxylic acids is 1. The summed E-state index contributed by atoms with van der Waals surface area (Å²) in [7, 11) is 0. The molecule has 0 saturated carbocycles. The van der Waals surface area contributed by atoms with Crippen molar-refractivity contribution in [2.45, 2.75) is 19.9 Å². The largest absolute Gasteiger partial charge is 0.481 e. The van der Waals surface area contributed by atoms with Crippen LogP contribution in [0.1, 0.15) is 17.8 Å². The van der Waals surface area contributed by atoms with Gasteiger partial charge in [0.15, 0.2) is 0 Å². The predicted octanol–water partition coefficient (Wildman–Crippen LogP) is 1.61. The van der Waals surface area contributed by atoms with Crippen LogP contribution in [0.25, 0.3) is 5.69 Å². The Morgan fingerprint density at radius 3 is 2.82 bits per heavy atom. The van der Waals surface area contributed by atoms with Gasteiger partial charge in [-0.1, -0.05) is 18.2 Å². The van der Waals surface area contributed by atoms with E-state index in [4.69, 9.17) is 5.11 Å². The summed E-state index contributed by atoms with van der Waals surface area (Å²) in [6.07, 6.45) is 3.69. The number of rotatable bonds is 4. The molecule has 6 heteroatoms. The van der Waals surface area contributed by atoms with E-state index < -0.39 is 11.9 Å². The number of aryl methyl sites for hydroxylation is 1. The van der Waals surface area contributed by atoms with Crippen LogP contribution in [0.5, 0.6) is 0 Å². The second kappa shape index (κ2) is 5.63. The molecule has 1 aromatic carbocycles. The number of aromatic nitrogens is 2. The number of benzene rings is 1. The van der Waals surface area contributed by atoms with Crippen LogP contribution in [0.2, 0.25) is 0 Å². The first-order valence-electron chi connectivity index (χ1n) is 7.15.